The molecule has 0 unspecified atom stereocenters. The first-order chi connectivity index (χ1) is 12.4. The molecule has 1 saturated heterocycles. The largest absolute Gasteiger partial charge is 0.478 e. The molecule has 136 valence electrons. The topological polar surface area (TPSA) is 55.8 Å². The predicted molar refractivity (Wildman–Crippen MR) is 98.5 cm³/mol. The molecule has 0 amide bonds. The van der Waals surface area contributed by atoms with Crippen molar-refractivity contribution in [2.45, 2.75) is 44.3 Å². The second-order valence-electron chi connectivity index (χ2n) is 7.81. The van der Waals surface area contributed by atoms with Gasteiger partial charge in [0.05, 0.1) is 18.8 Å². The molecule has 0 saturated carbocycles. The first-order valence-corrected chi connectivity index (χ1v) is 9.18. The monoisotopic (exact) mass is 352 g/mol. The highest BCUT2D eigenvalue weighted by Gasteiger charge is 2.42. The number of ether oxygens (including phenoxy) is 2. The number of carbonyl (C=O) groups is 1. The molecule has 0 bridgehead atoms. The highest BCUT2D eigenvalue weighted by molar-refractivity contribution is 5.87. The van der Waals surface area contributed by atoms with E-state index in [2.05, 4.69) is 32.0 Å². The van der Waals surface area contributed by atoms with Crippen LogP contribution in [0, 0.1) is 0 Å². The summed E-state index contributed by atoms with van der Waals surface area (Å²) >= 11 is 0. The lowest BCUT2D eigenvalue weighted by molar-refractivity contribution is -0.130. The lowest BCUT2D eigenvalue weighted by atomic mass is 9.72. The third-order valence-corrected chi connectivity index (χ3v) is 5.67. The van der Waals surface area contributed by atoms with Gasteiger partial charge in [-0.25, -0.2) is 4.79 Å². The van der Waals surface area contributed by atoms with Gasteiger partial charge in [-0.3, -0.25) is 0 Å². The molecule has 0 spiro atoms. The van der Waals surface area contributed by atoms with E-state index in [1.807, 2.05) is 0 Å². The Morgan fingerprint density at radius 2 is 1.65 bits per heavy atom. The number of benzene rings is 2. The van der Waals surface area contributed by atoms with Crippen molar-refractivity contribution in [3.63, 3.8) is 0 Å². The summed E-state index contributed by atoms with van der Waals surface area (Å²) in [5.74, 6) is -1.89. The van der Waals surface area contributed by atoms with Gasteiger partial charge >= 0.3 is 5.97 Å². The molecule has 1 N–H and O–H groups in total. The van der Waals surface area contributed by atoms with Gasteiger partial charge in [0, 0.05) is 11.1 Å². The summed E-state index contributed by atoms with van der Waals surface area (Å²) < 4.78 is 12.2. The average molecular weight is 352 g/mol. The molecule has 4 heteroatoms. The molecule has 0 atom stereocenters. The Bertz CT molecular complexity index is 830. The first kappa shape index (κ1) is 17.3. The summed E-state index contributed by atoms with van der Waals surface area (Å²) in [4.78, 5) is 11.2. The van der Waals surface area contributed by atoms with E-state index in [1.54, 1.807) is 24.3 Å². The van der Waals surface area contributed by atoms with Gasteiger partial charge in [0.15, 0.2) is 0 Å². The molecule has 4 nitrogen and oxygen atoms in total. The van der Waals surface area contributed by atoms with Crippen LogP contribution in [0.1, 0.15) is 59.3 Å². The molecule has 1 heterocycles. The SMILES string of the molecule is CC1(C)CCCc2ccc(C3(c4ccc(C(=O)O)cc4)OCCO3)cc21. The zero-order valence-electron chi connectivity index (χ0n) is 15.2. The van der Waals surface area contributed by atoms with Crippen LogP contribution in [0.3, 0.4) is 0 Å². The minimum atomic E-state index is -0.959. The number of rotatable bonds is 3. The highest BCUT2D eigenvalue weighted by Crippen LogP contribution is 2.43. The van der Waals surface area contributed by atoms with E-state index >= 15 is 0 Å². The highest BCUT2D eigenvalue weighted by atomic mass is 16.7. The maximum atomic E-state index is 11.2. The fourth-order valence-electron chi connectivity index (χ4n) is 4.23. The average Bonchev–Trinajstić information content (AvgIpc) is 3.12. The van der Waals surface area contributed by atoms with E-state index in [9.17, 15) is 4.79 Å². The maximum Gasteiger partial charge on any atom is 0.335 e. The van der Waals surface area contributed by atoms with Crippen molar-refractivity contribution in [2.24, 2.45) is 0 Å². The Morgan fingerprint density at radius 1 is 1.00 bits per heavy atom. The molecule has 26 heavy (non-hydrogen) atoms. The van der Waals surface area contributed by atoms with Crippen molar-refractivity contribution in [3.05, 3.63) is 70.3 Å². The predicted octanol–water partition coefficient (Wildman–Crippen LogP) is 4.25. The molecule has 1 fully saturated rings. The van der Waals surface area contributed by atoms with Gasteiger partial charge in [-0.05, 0) is 54.0 Å². The number of fused-ring (bicyclic) bond motifs is 1. The van der Waals surface area contributed by atoms with Crippen molar-refractivity contribution >= 4 is 5.97 Å². The fourth-order valence-corrected chi connectivity index (χ4v) is 4.23. The van der Waals surface area contributed by atoms with Crippen molar-refractivity contribution in [2.75, 3.05) is 13.2 Å². The van der Waals surface area contributed by atoms with Crippen molar-refractivity contribution in [1.29, 1.82) is 0 Å². The Labute approximate surface area is 153 Å². The van der Waals surface area contributed by atoms with Crippen LogP contribution >= 0.6 is 0 Å². The molecule has 0 radical (unpaired) electrons. The molecule has 2 aromatic rings. The van der Waals surface area contributed by atoms with Crippen LogP contribution in [0.15, 0.2) is 42.5 Å². The molecule has 1 aliphatic heterocycles. The number of aromatic carboxylic acids is 1. The standard InChI is InChI=1S/C22H24O4/c1-21(2)11-3-4-15-5-10-18(14-19(15)21)22(25-12-13-26-22)17-8-6-16(7-9-17)20(23)24/h5-10,14H,3-4,11-13H2,1-2H3,(H,23,24). The van der Waals surface area contributed by atoms with Crippen LogP contribution in [-0.2, 0) is 27.1 Å². The van der Waals surface area contributed by atoms with Crippen LogP contribution in [0.2, 0.25) is 0 Å². The summed E-state index contributed by atoms with van der Waals surface area (Å²) in [5, 5.41) is 9.15. The van der Waals surface area contributed by atoms with Crippen LogP contribution in [0.25, 0.3) is 0 Å². The van der Waals surface area contributed by atoms with E-state index < -0.39 is 11.8 Å². The van der Waals surface area contributed by atoms with Crippen molar-refractivity contribution < 1.29 is 19.4 Å². The third-order valence-electron chi connectivity index (χ3n) is 5.67. The normalized spacial score (nSPS) is 20.5. The number of hydrogen-bond donors (Lipinski definition) is 1. The zero-order valence-corrected chi connectivity index (χ0v) is 15.2. The van der Waals surface area contributed by atoms with Crippen molar-refractivity contribution in [1.82, 2.24) is 0 Å². The molecule has 2 aliphatic rings. The number of aryl methyl sites for hydroxylation is 1. The van der Waals surface area contributed by atoms with Gasteiger partial charge in [-0.2, -0.15) is 0 Å². The second kappa shape index (κ2) is 6.22. The van der Waals surface area contributed by atoms with Gasteiger partial charge in [0.2, 0.25) is 5.79 Å². The fraction of sp³-hybridized carbons (Fsp3) is 0.409. The Kier molecular flexibility index (Phi) is 4.13. The number of hydrogen-bond acceptors (Lipinski definition) is 3. The quantitative estimate of drug-likeness (QED) is 0.897. The Balaban J connectivity index is 1.81. The molecular formula is C22H24O4. The van der Waals surface area contributed by atoms with E-state index in [1.165, 1.54) is 24.0 Å². The third kappa shape index (κ3) is 2.74. The van der Waals surface area contributed by atoms with Crippen molar-refractivity contribution in [3.8, 4) is 0 Å². The van der Waals surface area contributed by atoms with Crippen LogP contribution < -0.4 is 0 Å². The van der Waals surface area contributed by atoms with E-state index in [4.69, 9.17) is 14.6 Å². The second-order valence-corrected chi connectivity index (χ2v) is 7.81. The summed E-state index contributed by atoms with van der Waals surface area (Å²) in [5.41, 5.74) is 4.96. The van der Waals surface area contributed by atoms with E-state index in [-0.39, 0.29) is 11.0 Å². The Hall–Kier alpha value is -2.17. The summed E-state index contributed by atoms with van der Waals surface area (Å²) in [6, 6.07) is 13.3. The van der Waals surface area contributed by atoms with Gasteiger partial charge in [-0.1, -0.05) is 38.1 Å². The minimum absolute atomic E-state index is 0.135. The van der Waals surface area contributed by atoms with Gasteiger partial charge in [0.1, 0.15) is 0 Å². The summed E-state index contributed by atoms with van der Waals surface area (Å²) in [7, 11) is 0. The Morgan fingerprint density at radius 3 is 2.31 bits per heavy atom. The smallest absolute Gasteiger partial charge is 0.335 e. The number of carboxylic acids is 1. The van der Waals surface area contributed by atoms with E-state index in [0.717, 1.165) is 17.5 Å². The lowest BCUT2D eigenvalue weighted by Crippen LogP contribution is -2.31. The molecular weight excluding hydrogens is 328 g/mol. The minimum Gasteiger partial charge on any atom is -0.478 e. The van der Waals surface area contributed by atoms with Crippen LogP contribution in [0.5, 0.6) is 0 Å². The summed E-state index contributed by atoms with van der Waals surface area (Å²) in [6.07, 6.45) is 3.50. The first-order valence-electron chi connectivity index (χ1n) is 9.18. The van der Waals surface area contributed by atoms with Gasteiger partial charge < -0.3 is 14.6 Å². The molecule has 2 aromatic carbocycles. The number of carboxylic acid groups (broad SMARTS) is 1. The summed E-state index contributed by atoms with van der Waals surface area (Å²) in [6.45, 7) is 5.61. The van der Waals surface area contributed by atoms with Gasteiger partial charge in [0.25, 0.3) is 0 Å². The molecule has 1 aliphatic carbocycles. The maximum absolute atomic E-state index is 11.2. The zero-order chi connectivity index (χ0) is 18.4. The van der Waals surface area contributed by atoms with Crippen LogP contribution in [0.4, 0.5) is 0 Å². The van der Waals surface area contributed by atoms with E-state index in [0.29, 0.717) is 13.2 Å². The lowest BCUT2D eigenvalue weighted by Gasteiger charge is -2.35. The van der Waals surface area contributed by atoms with Gasteiger partial charge in [-0.15, -0.1) is 0 Å². The van der Waals surface area contributed by atoms with Crippen LogP contribution in [-0.4, -0.2) is 24.3 Å². The molecule has 4 rings (SSSR count). The molecule has 0 aromatic heterocycles.